The number of hydrogen-bond donors (Lipinski definition) is 2. The van der Waals surface area contributed by atoms with E-state index >= 15 is 0 Å². The van der Waals surface area contributed by atoms with Gasteiger partial charge in [-0.25, -0.2) is 4.99 Å². The normalized spacial score (nSPS) is 14.8. The Kier molecular flexibility index (Phi) is 7.31. The lowest BCUT2D eigenvalue weighted by Gasteiger charge is -2.18. The number of aromatic hydroxyl groups is 1. The van der Waals surface area contributed by atoms with Gasteiger partial charge in [0.15, 0.2) is 16.7 Å². The SMILES string of the molecule is CCOc1cc(/C=C2\N=C(SCC(N)=O)N(c3ccc(OC(F)F)cc3)C2=O)ccc1O. The van der Waals surface area contributed by atoms with E-state index in [9.17, 15) is 23.5 Å². The standard InChI is InChI=1S/C21H19F2N3O5S/c1-2-30-17-10-12(3-8-16(17)27)9-15-19(29)26(21(25-15)32-11-18(24)28)13-4-6-14(7-5-13)31-20(22)23/h3-10,20,27H,2,11H2,1H3,(H2,24,28)/b15-9-. The number of aliphatic imine (C=N–C) groups is 1. The predicted molar refractivity (Wildman–Crippen MR) is 117 cm³/mol. The molecule has 32 heavy (non-hydrogen) atoms. The van der Waals surface area contributed by atoms with Crippen molar-refractivity contribution in [2.75, 3.05) is 17.3 Å². The molecule has 8 nitrogen and oxygen atoms in total. The molecule has 1 aliphatic rings. The van der Waals surface area contributed by atoms with Crippen molar-refractivity contribution in [3.05, 3.63) is 53.7 Å². The highest BCUT2D eigenvalue weighted by atomic mass is 32.2. The van der Waals surface area contributed by atoms with Gasteiger partial charge in [-0.2, -0.15) is 8.78 Å². The lowest BCUT2D eigenvalue weighted by molar-refractivity contribution is -0.115. The molecule has 0 saturated carbocycles. The largest absolute Gasteiger partial charge is 0.504 e. The second-order valence-corrected chi connectivity index (χ2v) is 7.29. The van der Waals surface area contributed by atoms with Crippen LogP contribution in [0.2, 0.25) is 0 Å². The van der Waals surface area contributed by atoms with Gasteiger partial charge >= 0.3 is 6.61 Å². The van der Waals surface area contributed by atoms with Gasteiger partial charge in [0.2, 0.25) is 5.91 Å². The fraction of sp³-hybridized carbons (Fsp3) is 0.190. The Hall–Kier alpha value is -3.60. The Morgan fingerprint density at radius 2 is 2.00 bits per heavy atom. The molecule has 0 aliphatic carbocycles. The van der Waals surface area contributed by atoms with Crippen LogP contribution >= 0.6 is 11.8 Å². The van der Waals surface area contributed by atoms with Crippen molar-refractivity contribution in [2.45, 2.75) is 13.5 Å². The summed E-state index contributed by atoms with van der Waals surface area (Å²) in [5.74, 6) is -1.06. The number of halogens is 2. The first kappa shape index (κ1) is 23.1. The molecule has 0 spiro atoms. The van der Waals surface area contributed by atoms with Crippen LogP contribution in [0, 0.1) is 0 Å². The number of phenolic OH excluding ortho intramolecular Hbond substituents is 1. The minimum atomic E-state index is -2.97. The first-order chi connectivity index (χ1) is 15.3. The molecule has 3 N–H and O–H groups in total. The Balaban J connectivity index is 1.94. The number of anilines is 1. The predicted octanol–water partition coefficient (Wildman–Crippen LogP) is 3.35. The van der Waals surface area contributed by atoms with Crippen molar-refractivity contribution in [3.63, 3.8) is 0 Å². The molecule has 0 radical (unpaired) electrons. The van der Waals surface area contributed by atoms with Gasteiger partial charge in [0, 0.05) is 0 Å². The number of phenols is 1. The van der Waals surface area contributed by atoms with Crippen LogP contribution in [0.3, 0.4) is 0 Å². The van der Waals surface area contributed by atoms with E-state index in [1.807, 2.05) is 0 Å². The maximum absolute atomic E-state index is 13.1. The fourth-order valence-corrected chi connectivity index (χ4v) is 3.53. The van der Waals surface area contributed by atoms with Crippen LogP contribution in [0.4, 0.5) is 14.5 Å². The minimum Gasteiger partial charge on any atom is -0.504 e. The van der Waals surface area contributed by atoms with E-state index in [1.165, 1.54) is 41.3 Å². The number of hydrogen-bond acceptors (Lipinski definition) is 7. The van der Waals surface area contributed by atoms with Gasteiger partial charge in [-0.05, 0) is 55.0 Å². The van der Waals surface area contributed by atoms with Crippen LogP contribution in [0.5, 0.6) is 17.2 Å². The summed E-state index contributed by atoms with van der Waals surface area (Å²) in [5, 5.41) is 10.1. The highest BCUT2D eigenvalue weighted by Crippen LogP contribution is 2.32. The van der Waals surface area contributed by atoms with E-state index in [1.54, 1.807) is 19.1 Å². The number of carbonyl (C=O) groups is 2. The molecule has 0 bridgehead atoms. The lowest BCUT2D eigenvalue weighted by atomic mass is 10.1. The molecule has 0 saturated heterocycles. The average molecular weight is 463 g/mol. The van der Waals surface area contributed by atoms with Crippen molar-refractivity contribution in [1.82, 2.24) is 0 Å². The molecule has 3 rings (SSSR count). The number of amidine groups is 1. The number of amides is 2. The number of nitrogens with zero attached hydrogens (tertiary/aromatic N) is 2. The number of carbonyl (C=O) groups excluding carboxylic acids is 2. The number of thioether (sulfide) groups is 1. The summed E-state index contributed by atoms with van der Waals surface area (Å²) in [6.07, 6.45) is 1.50. The first-order valence-electron chi connectivity index (χ1n) is 9.35. The summed E-state index contributed by atoms with van der Waals surface area (Å²) >= 11 is 0.965. The maximum Gasteiger partial charge on any atom is 0.387 e. The molecule has 1 aliphatic heterocycles. The summed E-state index contributed by atoms with van der Waals surface area (Å²) in [4.78, 5) is 29.9. The monoisotopic (exact) mass is 463 g/mol. The molecule has 168 valence electrons. The molecular weight excluding hydrogens is 444 g/mol. The van der Waals surface area contributed by atoms with E-state index in [-0.39, 0.29) is 33.9 Å². The molecule has 2 amide bonds. The minimum absolute atomic E-state index is 0.0410. The van der Waals surface area contributed by atoms with Gasteiger partial charge in [0.1, 0.15) is 11.4 Å². The van der Waals surface area contributed by atoms with E-state index < -0.39 is 18.4 Å². The molecule has 0 unspecified atom stereocenters. The molecule has 2 aromatic rings. The smallest absolute Gasteiger partial charge is 0.387 e. The fourth-order valence-electron chi connectivity index (χ4n) is 2.78. The van der Waals surface area contributed by atoms with Gasteiger partial charge in [-0.15, -0.1) is 0 Å². The van der Waals surface area contributed by atoms with Crippen molar-refractivity contribution in [1.29, 1.82) is 0 Å². The zero-order valence-electron chi connectivity index (χ0n) is 16.8. The summed E-state index contributed by atoms with van der Waals surface area (Å²) in [6.45, 7) is -0.857. The molecule has 0 aromatic heterocycles. The number of alkyl halides is 2. The second kappa shape index (κ2) is 10.1. The highest BCUT2D eigenvalue weighted by Gasteiger charge is 2.32. The van der Waals surface area contributed by atoms with Crippen LogP contribution in [0.25, 0.3) is 6.08 Å². The Bertz CT molecular complexity index is 1070. The van der Waals surface area contributed by atoms with Gasteiger partial charge in [0.25, 0.3) is 5.91 Å². The molecule has 1 heterocycles. The van der Waals surface area contributed by atoms with Crippen LogP contribution in [0.15, 0.2) is 53.2 Å². The van der Waals surface area contributed by atoms with Crippen molar-refractivity contribution < 1.29 is 33.0 Å². The Morgan fingerprint density at radius 1 is 1.28 bits per heavy atom. The molecule has 11 heteroatoms. The summed E-state index contributed by atoms with van der Waals surface area (Å²) in [6, 6.07) is 10.0. The van der Waals surface area contributed by atoms with Crippen LogP contribution < -0.4 is 20.1 Å². The van der Waals surface area contributed by atoms with Crippen LogP contribution in [0.1, 0.15) is 12.5 Å². The Labute approximate surface area is 186 Å². The topological polar surface area (TPSA) is 114 Å². The van der Waals surface area contributed by atoms with E-state index in [4.69, 9.17) is 10.5 Å². The third kappa shape index (κ3) is 5.55. The lowest BCUT2D eigenvalue weighted by Crippen LogP contribution is -2.31. The van der Waals surface area contributed by atoms with E-state index in [2.05, 4.69) is 9.73 Å². The zero-order chi connectivity index (χ0) is 23.3. The number of rotatable bonds is 8. The van der Waals surface area contributed by atoms with Gasteiger partial charge in [0.05, 0.1) is 18.0 Å². The summed E-state index contributed by atoms with van der Waals surface area (Å²) in [5.41, 5.74) is 6.18. The molecule has 0 atom stereocenters. The first-order valence-corrected chi connectivity index (χ1v) is 10.3. The Morgan fingerprint density at radius 3 is 2.62 bits per heavy atom. The average Bonchev–Trinajstić information content (AvgIpc) is 3.04. The summed E-state index contributed by atoms with van der Waals surface area (Å²) in [7, 11) is 0. The number of primary amides is 1. The van der Waals surface area contributed by atoms with Gasteiger partial charge in [-0.1, -0.05) is 17.8 Å². The summed E-state index contributed by atoms with van der Waals surface area (Å²) < 4.78 is 34.5. The number of nitrogens with two attached hydrogens (primary N) is 1. The van der Waals surface area contributed by atoms with Gasteiger partial charge < -0.3 is 20.3 Å². The van der Waals surface area contributed by atoms with Crippen LogP contribution in [-0.4, -0.2) is 41.1 Å². The van der Waals surface area contributed by atoms with E-state index in [0.717, 1.165) is 11.8 Å². The van der Waals surface area contributed by atoms with Crippen molar-refractivity contribution in [2.24, 2.45) is 10.7 Å². The van der Waals surface area contributed by atoms with E-state index in [0.29, 0.717) is 17.9 Å². The third-order valence-electron chi connectivity index (χ3n) is 4.08. The van der Waals surface area contributed by atoms with Crippen molar-refractivity contribution >= 4 is 40.5 Å². The molecule has 0 fully saturated rings. The quantitative estimate of drug-likeness (QED) is 0.581. The second-order valence-electron chi connectivity index (χ2n) is 6.35. The molecule has 2 aromatic carbocycles. The third-order valence-corrected chi connectivity index (χ3v) is 5.04. The van der Waals surface area contributed by atoms with Gasteiger partial charge in [-0.3, -0.25) is 14.5 Å². The number of benzene rings is 2. The van der Waals surface area contributed by atoms with Crippen LogP contribution in [-0.2, 0) is 9.59 Å². The highest BCUT2D eigenvalue weighted by molar-refractivity contribution is 8.14. The molecular formula is C21H19F2N3O5S. The number of ether oxygens (including phenoxy) is 2. The maximum atomic E-state index is 13.1. The zero-order valence-corrected chi connectivity index (χ0v) is 17.6. The van der Waals surface area contributed by atoms with Crippen molar-refractivity contribution in [3.8, 4) is 17.2 Å².